The molecule has 0 aliphatic rings. The van der Waals surface area contributed by atoms with Crippen LogP contribution in [0.1, 0.15) is 36.8 Å². The molecule has 1 atom stereocenters. The lowest BCUT2D eigenvalue weighted by atomic mass is 9.97. The maximum absolute atomic E-state index is 11.6. The summed E-state index contributed by atoms with van der Waals surface area (Å²) in [5.41, 5.74) is 0. The van der Waals surface area contributed by atoms with Crippen molar-refractivity contribution >= 4 is 11.9 Å². The maximum atomic E-state index is 11.6. The zero-order valence-electron chi connectivity index (χ0n) is 10.6. The Labute approximate surface area is 105 Å². The highest BCUT2D eigenvalue weighted by atomic mass is 16.5. The van der Waals surface area contributed by atoms with Gasteiger partial charge in [0.1, 0.15) is 0 Å². The molecule has 1 aromatic heterocycles. The number of carboxylic acid groups (broad SMARTS) is 1. The molecule has 1 heterocycles. The molecule has 1 amide bonds. The number of hydrogen-bond acceptors (Lipinski definition) is 5. The van der Waals surface area contributed by atoms with Crippen LogP contribution in [0.3, 0.4) is 0 Å². The van der Waals surface area contributed by atoms with Gasteiger partial charge in [-0.1, -0.05) is 19.0 Å². The maximum Gasteiger partial charge on any atom is 0.308 e. The molecule has 0 fully saturated rings. The molecule has 1 rings (SSSR count). The average molecular weight is 255 g/mol. The van der Waals surface area contributed by atoms with E-state index in [9.17, 15) is 9.59 Å². The van der Waals surface area contributed by atoms with E-state index in [0.29, 0.717) is 6.42 Å². The van der Waals surface area contributed by atoms with E-state index in [2.05, 4.69) is 20.0 Å². The Morgan fingerprint density at radius 1 is 1.44 bits per heavy atom. The lowest BCUT2D eigenvalue weighted by molar-refractivity contribution is -0.142. The van der Waals surface area contributed by atoms with Crippen molar-refractivity contribution in [2.24, 2.45) is 11.8 Å². The number of rotatable bonds is 6. The monoisotopic (exact) mass is 255 g/mol. The molecule has 2 N–H and O–H groups in total. The van der Waals surface area contributed by atoms with Gasteiger partial charge in [0.25, 0.3) is 11.7 Å². The van der Waals surface area contributed by atoms with Gasteiger partial charge in [-0.3, -0.25) is 9.59 Å². The zero-order chi connectivity index (χ0) is 13.7. The van der Waals surface area contributed by atoms with Crippen LogP contribution in [0.2, 0.25) is 0 Å². The van der Waals surface area contributed by atoms with Crippen molar-refractivity contribution in [1.82, 2.24) is 15.5 Å². The van der Waals surface area contributed by atoms with Gasteiger partial charge in [-0.05, 0) is 12.3 Å². The normalized spacial score (nSPS) is 12.4. The number of hydrogen-bond donors (Lipinski definition) is 2. The average Bonchev–Trinajstić information content (AvgIpc) is 2.69. The van der Waals surface area contributed by atoms with E-state index in [0.717, 1.165) is 0 Å². The topological polar surface area (TPSA) is 105 Å². The highest BCUT2D eigenvalue weighted by molar-refractivity contribution is 5.90. The van der Waals surface area contributed by atoms with Crippen LogP contribution >= 0.6 is 0 Å². The highest BCUT2D eigenvalue weighted by Crippen LogP contribution is 2.11. The van der Waals surface area contributed by atoms with Gasteiger partial charge in [-0.15, -0.1) is 0 Å². The highest BCUT2D eigenvalue weighted by Gasteiger charge is 2.21. The van der Waals surface area contributed by atoms with E-state index in [4.69, 9.17) is 5.11 Å². The van der Waals surface area contributed by atoms with Crippen LogP contribution in [0.4, 0.5) is 0 Å². The molecule has 0 aromatic carbocycles. The van der Waals surface area contributed by atoms with Crippen LogP contribution in [0, 0.1) is 18.8 Å². The molecule has 0 radical (unpaired) electrons. The van der Waals surface area contributed by atoms with Crippen molar-refractivity contribution in [2.45, 2.75) is 27.2 Å². The van der Waals surface area contributed by atoms with Crippen molar-refractivity contribution in [2.75, 3.05) is 6.54 Å². The number of aryl methyl sites for hydroxylation is 1. The Morgan fingerprint density at radius 2 is 2.11 bits per heavy atom. The largest absolute Gasteiger partial charge is 0.481 e. The van der Waals surface area contributed by atoms with Gasteiger partial charge < -0.3 is 14.9 Å². The second-order valence-electron chi connectivity index (χ2n) is 4.51. The van der Waals surface area contributed by atoms with Crippen molar-refractivity contribution in [1.29, 1.82) is 0 Å². The fraction of sp³-hybridized carbons (Fsp3) is 0.636. The Hall–Kier alpha value is -1.92. The zero-order valence-corrected chi connectivity index (χ0v) is 10.6. The summed E-state index contributed by atoms with van der Waals surface area (Å²) in [7, 11) is 0. The minimum absolute atomic E-state index is 0.0555. The second kappa shape index (κ2) is 6.13. The molecule has 0 spiro atoms. The number of carbonyl (C=O) groups is 2. The van der Waals surface area contributed by atoms with E-state index in [1.165, 1.54) is 0 Å². The van der Waals surface area contributed by atoms with E-state index in [-0.39, 0.29) is 24.2 Å². The molecule has 1 aromatic rings. The molecule has 0 saturated carbocycles. The second-order valence-corrected chi connectivity index (χ2v) is 4.51. The number of aromatic nitrogens is 2. The Balaban J connectivity index is 2.52. The fourth-order valence-electron chi connectivity index (χ4n) is 1.53. The van der Waals surface area contributed by atoms with Crippen molar-refractivity contribution in [3.8, 4) is 0 Å². The van der Waals surface area contributed by atoms with E-state index in [1.807, 2.05) is 13.8 Å². The van der Waals surface area contributed by atoms with Crippen LogP contribution in [0.5, 0.6) is 0 Å². The van der Waals surface area contributed by atoms with Gasteiger partial charge in [-0.2, -0.15) is 4.98 Å². The van der Waals surface area contributed by atoms with Gasteiger partial charge in [0.2, 0.25) is 5.89 Å². The first kappa shape index (κ1) is 14.1. The fourth-order valence-corrected chi connectivity index (χ4v) is 1.53. The molecule has 7 nitrogen and oxygen atoms in total. The third-order valence-electron chi connectivity index (χ3n) is 2.34. The minimum Gasteiger partial charge on any atom is -0.481 e. The SMILES string of the molecule is Cc1nc(C(=O)NCC(CC(C)C)C(=O)O)no1. The first-order valence-electron chi connectivity index (χ1n) is 5.71. The third kappa shape index (κ3) is 4.15. The summed E-state index contributed by atoms with van der Waals surface area (Å²) in [6.07, 6.45) is 0.501. The van der Waals surface area contributed by atoms with Gasteiger partial charge >= 0.3 is 5.97 Å². The number of aliphatic carboxylic acids is 1. The summed E-state index contributed by atoms with van der Waals surface area (Å²) in [5, 5.41) is 15.0. The van der Waals surface area contributed by atoms with Gasteiger partial charge in [0.05, 0.1) is 5.92 Å². The standard InChI is InChI=1S/C11H17N3O4/c1-6(2)4-8(11(16)17)5-12-10(15)9-13-7(3)18-14-9/h6,8H,4-5H2,1-3H3,(H,12,15)(H,16,17). The smallest absolute Gasteiger partial charge is 0.308 e. The van der Waals surface area contributed by atoms with Crippen LogP contribution < -0.4 is 5.32 Å². The summed E-state index contributed by atoms with van der Waals surface area (Å²) in [6.45, 7) is 5.49. The first-order valence-corrected chi connectivity index (χ1v) is 5.71. The Morgan fingerprint density at radius 3 is 2.56 bits per heavy atom. The summed E-state index contributed by atoms with van der Waals surface area (Å²) >= 11 is 0. The molecule has 100 valence electrons. The van der Waals surface area contributed by atoms with E-state index >= 15 is 0 Å². The quantitative estimate of drug-likeness (QED) is 0.780. The molecule has 7 heteroatoms. The minimum atomic E-state index is -0.923. The van der Waals surface area contributed by atoms with Crippen molar-refractivity contribution in [3.05, 3.63) is 11.7 Å². The van der Waals surface area contributed by atoms with E-state index < -0.39 is 17.8 Å². The molecular weight excluding hydrogens is 238 g/mol. The molecule has 0 bridgehead atoms. The molecule has 1 unspecified atom stereocenters. The summed E-state index contributed by atoms with van der Waals surface area (Å²) in [4.78, 5) is 26.3. The third-order valence-corrected chi connectivity index (χ3v) is 2.34. The number of nitrogens with one attached hydrogen (secondary N) is 1. The van der Waals surface area contributed by atoms with Gasteiger partial charge in [0.15, 0.2) is 0 Å². The van der Waals surface area contributed by atoms with Crippen LogP contribution in [-0.2, 0) is 4.79 Å². The van der Waals surface area contributed by atoms with Crippen molar-refractivity contribution < 1.29 is 19.2 Å². The molecule has 0 aliphatic carbocycles. The number of carbonyl (C=O) groups excluding carboxylic acids is 1. The molecule has 0 aliphatic heterocycles. The predicted octanol–water partition coefficient (Wildman–Crippen LogP) is 0.855. The van der Waals surface area contributed by atoms with Gasteiger partial charge in [0, 0.05) is 13.5 Å². The number of nitrogens with zero attached hydrogens (tertiary/aromatic N) is 2. The summed E-state index contributed by atoms with van der Waals surface area (Å²) in [5.74, 6) is -1.61. The lowest BCUT2D eigenvalue weighted by Gasteiger charge is -2.14. The Kier molecular flexibility index (Phi) is 4.82. The van der Waals surface area contributed by atoms with Gasteiger partial charge in [-0.25, -0.2) is 0 Å². The summed E-state index contributed by atoms with van der Waals surface area (Å²) < 4.78 is 4.67. The Bertz CT molecular complexity index is 428. The molecule has 0 saturated heterocycles. The predicted molar refractivity (Wildman–Crippen MR) is 61.9 cm³/mol. The lowest BCUT2D eigenvalue weighted by Crippen LogP contribution is -2.34. The van der Waals surface area contributed by atoms with Crippen LogP contribution in [-0.4, -0.2) is 33.7 Å². The molecular formula is C11H17N3O4. The number of carboxylic acids is 1. The van der Waals surface area contributed by atoms with Crippen molar-refractivity contribution in [3.63, 3.8) is 0 Å². The number of amides is 1. The van der Waals surface area contributed by atoms with E-state index in [1.54, 1.807) is 6.92 Å². The van der Waals surface area contributed by atoms with Crippen LogP contribution in [0.15, 0.2) is 4.52 Å². The van der Waals surface area contributed by atoms with Crippen LogP contribution in [0.25, 0.3) is 0 Å². The summed E-state index contributed by atoms with van der Waals surface area (Å²) in [6, 6.07) is 0. The first-order chi connectivity index (χ1) is 8.40. The molecule has 18 heavy (non-hydrogen) atoms.